The van der Waals surface area contributed by atoms with Crippen molar-refractivity contribution >= 4 is 23.5 Å². The van der Waals surface area contributed by atoms with Gasteiger partial charge in [-0.2, -0.15) is 14.9 Å². The SMILES string of the molecule is O=C(O)c1ccc(-n2nnnc2SCC(=O)c2ccnnc2)cc1. The highest BCUT2D eigenvalue weighted by atomic mass is 32.2. The van der Waals surface area contributed by atoms with Crippen LogP contribution in [0.25, 0.3) is 5.69 Å². The van der Waals surface area contributed by atoms with Crippen LogP contribution in [0.3, 0.4) is 0 Å². The molecule has 0 radical (unpaired) electrons. The lowest BCUT2D eigenvalue weighted by Gasteiger charge is -2.04. The third-order valence-electron chi connectivity index (χ3n) is 3.04. The molecule has 2 aromatic heterocycles. The van der Waals surface area contributed by atoms with Crippen LogP contribution >= 0.6 is 11.8 Å². The maximum atomic E-state index is 12.1. The molecule has 3 aromatic rings. The second kappa shape index (κ2) is 6.96. The van der Waals surface area contributed by atoms with E-state index >= 15 is 0 Å². The normalized spacial score (nSPS) is 10.5. The summed E-state index contributed by atoms with van der Waals surface area (Å²) in [6.45, 7) is 0. The minimum absolute atomic E-state index is 0.120. The Morgan fingerprint density at radius 1 is 1.08 bits per heavy atom. The van der Waals surface area contributed by atoms with Gasteiger partial charge in [0.1, 0.15) is 0 Å². The summed E-state index contributed by atoms with van der Waals surface area (Å²) in [5, 5.41) is 28.0. The van der Waals surface area contributed by atoms with Crippen molar-refractivity contribution in [3.8, 4) is 5.69 Å². The van der Waals surface area contributed by atoms with Crippen LogP contribution in [0.1, 0.15) is 20.7 Å². The largest absolute Gasteiger partial charge is 0.478 e. The average molecular weight is 342 g/mol. The molecule has 120 valence electrons. The van der Waals surface area contributed by atoms with E-state index < -0.39 is 5.97 Å². The van der Waals surface area contributed by atoms with Gasteiger partial charge in [0.25, 0.3) is 0 Å². The summed E-state index contributed by atoms with van der Waals surface area (Å²) in [5.74, 6) is -0.991. The number of aromatic nitrogens is 6. The lowest BCUT2D eigenvalue weighted by molar-refractivity contribution is 0.0696. The molecular formula is C14H10N6O3S. The number of carbonyl (C=O) groups is 2. The van der Waals surface area contributed by atoms with Crippen LogP contribution in [-0.4, -0.2) is 53.0 Å². The summed E-state index contributed by atoms with van der Waals surface area (Å²) >= 11 is 1.17. The predicted molar refractivity (Wildman–Crippen MR) is 83.2 cm³/mol. The molecule has 0 fully saturated rings. The van der Waals surface area contributed by atoms with E-state index in [0.29, 0.717) is 16.4 Å². The third kappa shape index (κ3) is 3.43. The molecule has 0 amide bonds. The molecule has 0 saturated carbocycles. The van der Waals surface area contributed by atoms with Crippen LogP contribution in [-0.2, 0) is 0 Å². The molecule has 0 saturated heterocycles. The van der Waals surface area contributed by atoms with Gasteiger partial charge >= 0.3 is 5.97 Å². The highest BCUT2D eigenvalue weighted by Crippen LogP contribution is 2.19. The first kappa shape index (κ1) is 15.7. The van der Waals surface area contributed by atoms with Gasteiger partial charge in [-0.05, 0) is 40.8 Å². The monoisotopic (exact) mass is 342 g/mol. The fourth-order valence-electron chi connectivity index (χ4n) is 1.85. The molecule has 1 aromatic carbocycles. The van der Waals surface area contributed by atoms with Crippen LogP contribution in [0.4, 0.5) is 0 Å². The Morgan fingerprint density at radius 2 is 1.88 bits per heavy atom. The number of rotatable bonds is 6. The summed E-state index contributed by atoms with van der Waals surface area (Å²) in [6.07, 6.45) is 2.85. The summed E-state index contributed by atoms with van der Waals surface area (Å²) in [4.78, 5) is 23.0. The first-order valence-corrected chi connectivity index (χ1v) is 7.68. The molecule has 0 atom stereocenters. The van der Waals surface area contributed by atoms with Crippen LogP contribution < -0.4 is 0 Å². The predicted octanol–water partition coefficient (Wildman–Crippen LogP) is 1.13. The zero-order chi connectivity index (χ0) is 16.9. The van der Waals surface area contributed by atoms with Gasteiger partial charge in [-0.15, -0.1) is 5.10 Å². The van der Waals surface area contributed by atoms with Gasteiger partial charge < -0.3 is 5.11 Å². The molecule has 0 spiro atoms. The van der Waals surface area contributed by atoms with Gasteiger partial charge in [0.15, 0.2) is 5.78 Å². The molecule has 2 heterocycles. The number of nitrogens with zero attached hydrogens (tertiary/aromatic N) is 6. The van der Waals surface area contributed by atoms with Crippen molar-refractivity contribution in [1.29, 1.82) is 0 Å². The maximum Gasteiger partial charge on any atom is 0.335 e. The number of thioether (sulfide) groups is 1. The van der Waals surface area contributed by atoms with Crippen molar-refractivity contribution in [2.45, 2.75) is 5.16 Å². The van der Waals surface area contributed by atoms with E-state index in [-0.39, 0.29) is 17.1 Å². The second-order valence-corrected chi connectivity index (χ2v) is 5.51. The highest BCUT2D eigenvalue weighted by Gasteiger charge is 2.13. The van der Waals surface area contributed by atoms with E-state index in [4.69, 9.17) is 5.11 Å². The van der Waals surface area contributed by atoms with Crippen molar-refractivity contribution in [3.05, 3.63) is 53.9 Å². The molecule has 0 bridgehead atoms. The third-order valence-corrected chi connectivity index (χ3v) is 3.96. The summed E-state index contributed by atoms with van der Waals surface area (Å²) in [5.41, 5.74) is 1.23. The van der Waals surface area contributed by atoms with Crippen molar-refractivity contribution in [1.82, 2.24) is 30.4 Å². The molecule has 0 aliphatic heterocycles. The molecule has 10 heteroatoms. The zero-order valence-corrected chi connectivity index (χ0v) is 12.9. The van der Waals surface area contributed by atoms with E-state index in [9.17, 15) is 9.59 Å². The van der Waals surface area contributed by atoms with Crippen LogP contribution in [0.2, 0.25) is 0 Å². The van der Waals surface area contributed by atoms with E-state index in [2.05, 4.69) is 25.7 Å². The Morgan fingerprint density at radius 3 is 2.54 bits per heavy atom. The van der Waals surface area contributed by atoms with Gasteiger partial charge in [0.05, 0.1) is 29.4 Å². The van der Waals surface area contributed by atoms with Gasteiger partial charge in [-0.1, -0.05) is 11.8 Å². The number of aromatic carboxylic acids is 1. The molecule has 9 nitrogen and oxygen atoms in total. The lowest BCUT2D eigenvalue weighted by Crippen LogP contribution is -2.06. The number of benzene rings is 1. The highest BCUT2D eigenvalue weighted by molar-refractivity contribution is 7.99. The Hall–Kier alpha value is -3.14. The van der Waals surface area contributed by atoms with Crippen molar-refractivity contribution in [3.63, 3.8) is 0 Å². The Balaban J connectivity index is 1.73. The van der Waals surface area contributed by atoms with Crippen LogP contribution in [0.15, 0.2) is 47.9 Å². The molecular weight excluding hydrogens is 332 g/mol. The van der Waals surface area contributed by atoms with Gasteiger partial charge in [0.2, 0.25) is 5.16 Å². The molecule has 0 aliphatic rings. The first-order valence-electron chi connectivity index (χ1n) is 6.70. The number of hydrogen-bond donors (Lipinski definition) is 1. The number of tetrazole rings is 1. The smallest absolute Gasteiger partial charge is 0.335 e. The van der Waals surface area contributed by atoms with Crippen LogP contribution in [0, 0.1) is 0 Å². The van der Waals surface area contributed by atoms with Crippen molar-refractivity contribution in [2.24, 2.45) is 0 Å². The Kier molecular flexibility index (Phi) is 4.57. The number of hydrogen-bond acceptors (Lipinski definition) is 8. The molecule has 0 aliphatic carbocycles. The zero-order valence-electron chi connectivity index (χ0n) is 12.1. The minimum Gasteiger partial charge on any atom is -0.478 e. The summed E-state index contributed by atoms with van der Waals surface area (Å²) in [6, 6.07) is 7.70. The second-order valence-electron chi connectivity index (χ2n) is 4.57. The van der Waals surface area contributed by atoms with E-state index in [1.807, 2.05) is 0 Å². The number of carboxylic acid groups (broad SMARTS) is 1. The van der Waals surface area contributed by atoms with Crippen molar-refractivity contribution in [2.75, 3.05) is 5.75 Å². The van der Waals surface area contributed by atoms with E-state index in [1.165, 1.54) is 41.0 Å². The number of ketones is 1. The van der Waals surface area contributed by atoms with Crippen molar-refractivity contribution < 1.29 is 14.7 Å². The molecule has 24 heavy (non-hydrogen) atoms. The maximum absolute atomic E-state index is 12.1. The topological polar surface area (TPSA) is 124 Å². The standard InChI is InChI=1S/C14H10N6O3S/c21-12(10-5-6-15-16-7-10)8-24-14-17-18-19-20(14)11-3-1-9(2-4-11)13(22)23/h1-7H,8H2,(H,22,23). The first-order chi connectivity index (χ1) is 11.6. The number of carbonyl (C=O) groups excluding carboxylic acids is 1. The Bertz CT molecular complexity index is 866. The fourth-order valence-corrected chi connectivity index (χ4v) is 2.63. The summed E-state index contributed by atoms with van der Waals surface area (Å²) in [7, 11) is 0. The average Bonchev–Trinajstić information content (AvgIpc) is 3.09. The minimum atomic E-state index is -1.01. The molecule has 0 unspecified atom stereocenters. The number of Topliss-reactive ketones (excluding diaryl/α,β-unsaturated/α-hetero) is 1. The summed E-state index contributed by atoms with van der Waals surface area (Å²) < 4.78 is 1.44. The van der Waals surface area contributed by atoms with Gasteiger partial charge in [-0.25, -0.2) is 4.79 Å². The van der Waals surface area contributed by atoms with E-state index in [1.54, 1.807) is 18.2 Å². The van der Waals surface area contributed by atoms with E-state index in [0.717, 1.165) is 0 Å². The lowest BCUT2D eigenvalue weighted by atomic mass is 10.2. The number of carboxylic acids is 1. The van der Waals surface area contributed by atoms with Gasteiger partial charge in [0, 0.05) is 5.56 Å². The quantitative estimate of drug-likeness (QED) is 0.518. The molecule has 3 rings (SSSR count). The van der Waals surface area contributed by atoms with Crippen LogP contribution in [0.5, 0.6) is 0 Å². The fraction of sp³-hybridized carbons (Fsp3) is 0.0714. The van der Waals surface area contributed by atoms with Gasteiger partial charge in [-0.3, -0.25) is 4.79 Å². The Labute approximate surface area is 139 Å². The molecule has 1 N–H and O–H groups in total.